The molecule has 2 fully saturated rings. The average molecular weight is 616 g/mol. The SMILES string of the molecule is Cc1cc(Nc2ncnc(-c3ccc(O[C@H]4CCN(C(=O)OC(C)(C)C)C[C@H]4F)c(C#N)c3)n2)ccc1C1CCN(C=O)CC1. The molecule has 2 aliphatic rings. The lowest BCUT2D eigenvalue weighted by molar-refractivity contribution is -0.119. The van der Waals surface area contributed by atoms with E-state index in [9.17, 15) is 14.9 Å². The molecule has 2 saturated heterocycles. The molecule has 3 aromatic rings. The first-order chi connectivity index (χ1) is 21.5. The maximum Gasteiger partial charge on any atom is 0.410 e. The van der Waals surface area contributed by atoms with E-state index in [0.717, 1.165) is 43.6 Å². The van der Waals surface area contributed by atoms with E-state index < -0.39 is 24.0 Å². The molecule has 3 heterocycles. The fraction of sp³-hybridized carbons (Fsp3) is 0.455. The minimum Gasteiger partial charge on any atom is -0.486 e. The van der Waals surface area contributed by atoms with Gasteiger partial charge in [-0.2, -0.15) is 10.2 Å². The van der Waals surface area contributed by atoms with Crippen LogP contribution in [0.4, 0.5) is 20.8 Å². The van der Waals surface area contributed by atoms with Crippen molar-refractivity contribution < 1.29 is 23.5 Å². The summed E-state index contributed by atoms with van der Waals surface area (Å²) in [5.41, 5.74) is 3.39. The number of nitrogens with one attached hydrogen (secondary N) is 1. The molecule has 1 N–H and O–H groups in total. The van der Waals surface area contributed by atoms with Crippen molar-refractivity contribution in [2.75, 3.05) is 31.5 Å². The largest absolute Gasteiger partial charge is 0.486 e. The van der Waals surface area contributed by atoms with Crippen molar-refractivity contribution in [2.24, 2.45) is 0 Å². The summed E-state index contributed by atoms with van der Waals surface area (Å²) in [6.45, 7) is 9.04. The van der Waals surface area contributed by atoms with Gasteiger partial charge in [0.05, 0.1) is 12.1 Å². The van der Waals surface area contributed by atoms with Crippen LogP contribution in [0.25, 0.3) is 11.4 Å². The van der Waals surface area contributed by atoms with Crippen molar-refractivity contribution in [3.8, 4) is 23.2 Å². The molecule has 45 heavy (non-hydrogen) atoms. The van der Waals surface area contributed by atoms with Crippen LogP contribution >= 0.6 is 0 Å². The predicted molar refractivity (Wildman–Crippen MR) is 166 cm³/mol. The van der Waals surface area contributed by atoms with E-state index in [1.807, 2.05) is 11.0 Å². The van der Waals surface area contributed by atoms with Gasteiger partial charge in [-0.25, -0.2) is 19.2 Å². The Morgan fingerprint density at radius 1 is 1.11 bits per heavy atom. The second kappa shape index (κ2) is 13.5. The number of carbonyl (C=O) groups excluding carboxylic acids is 2. The molecule has 11 nitrogen and oxygen atoms in total. The van der Waals surface area contributed by atoms with Crippen LogP contribution in [0.3, 0.4) is 0 Å². The summed E-state index contributed by atoms with van der Waals surface area (Å²) < 4.78 is 26.3. The average Bonchev–Trinajstić information content (AvgIpc) is 3.01. The standard InChI is InChI=1S/C33H38FN7O4/c1-21-15-25(6-7-26(21)22-9-12-40(20-42)13-10-22)38-31-37-19-36-30(39-31)23-5-8-28(24(16-23)17-35)44-29-11-14-41(18-27(29)34)32(43)45-33(2,3)4/h5-8,15-16,19-20,22,27,29H,9-14,18H2,1-4H3,(H,36,37,38,39)/t27-,29+/m1/s1. The van der Waals surface area contributed by atoms with Crippen LogP contribution in [0.1, 0.15) is 62.6 Å². The Kier molecular flexibility index (Phi) is 9.46. The summed E-state index contributed by atoms with van der Waals surface area (Å²) in [7, 11) is 0. The molecular formula is C33H38FN7O4. The van der Waals surface area contributed by atoms with Gasteiger partial charge in [0.2, 0.25) is 12.4 Å². The van der Waals surface area contributed by atoms with Crippen LogP contribution in [0.15, 0.2) is 42.7 Å². The van der Waals surface area contributed by atoms with Gasteiger partial charge in [-0.05, 0) is 87.9 Å². The van der Waals surface area contributed by atoms with Gasteiger partial charge < -0.3 is 24.6 Å². The van der Waals surface area contributed by atoms with Crippen LogP contribution in [0.5, 0.6) is 5.75 Å². The highest BCUT2D eigenvalue weighted by Crippen LogP contribution is 2.32. The monoisotopic (exact) mass is 615 g/mol. The molecule has 0 unspecified atom stereocenters. The second-order valence-electron chi connectivity index (χ2n) is 12.5. The third-order valence-electron chi connectivity index (χ3n) is 7.99. The molecule has 2 atom stereocenters. The Morgan fingerprint density at radius 3 is 2.56 bits per heavy atom. The summed E-state index contributed by atoms with van der Waals surface area (Å²) in [4.78, 5) is 39.7. The van der Waals surface area contributed by atoms with Gasteiger partial charge in [0.15, 0.2) is 12.0 Å². The summed E-state index contributed by atoms with van der Waals surface area (Å²) in [6.07, 6.45) is 1.65. The number of likely N-dealkylation sites (tertiary alicyclic amines) is 2. The van der Waals surface area contributed by atoms with Gasteiger partial charge in [0, 0.05) is 37.3 Å². The molecule has 2 amide bonds. The van der Waals surface area contributed by atoms with Crippen LogP contribution in [-0.2, 0) is 9.53 Å². The van der Waals surface area contributed by atoms with E-state index in [-0.39, 0.29) is 30.8 Å². The van der Waals surface area contributed by atoms with Crippen molar-refractivity contribution in [3.63, 3.8) is 0 Å². The molecule has 0 radical (unpaired) electrons. The topological polar surface area (TPSA) is 134 Å². The molecule has 2 aromatic carbocycles. The van der Waals surface area contributed by atoms with E-state index >= 15 is 4.39 Å². The van der Waals surface area contributed by atoms with Crippen molar-refractivity contribution in [1.82, 2.24) is 24.8 Å². The number of nitriles is 1. The van der Waals surface area contributed by atoms with Crippen LogP contribution in [0, 0.1) is 18.3 Å². The molecule has 0 saturated carbocycles. The maximum absolute atomic E-state index is 15.0. The molecule has 5 rings (SSSR count). The number of amides is 2. The Labute approximate surface area is 262 Å². The summed E-state index contributed by atoms with van der Waals surface area (Å²) >= 11 is 0. The first-order valence-corrected chi connectivity index (χ1v) is 15.1. The van der Waals surface area contributed by atoms with Crippen molar-refractivity contribution in [2.45, 2.75) is 70.8 Å². The number of hydrogen-bond acceptors (Lipinski definition) is 9. The van der Waals surface area contributed by atoms with E-state index in [2.05, 4.69) is 45.4 Å². The number of piperidine rings is 2. The van der Waals surface area contributed by atoms with Crippen LogP contribution in [-0.4, -0.2) is 81.3 Å². The third-order valence-corrected chi connectivity index (χ3v) is 7.99. The van der Waals surface area contributed by atoms with Gasteiger partial charge in [0.25, 0.3) is 0 Å². The van der Waals surface area contributed by atoms with Crippen LogP contribution in [0.2, 0.25) is 0 Å². The minimum absolute atomic E-state index is 0.150. The number of nitrogens with zero attached hydrogens (tertiary/aromatic N) is 6. The lowest BCUT2D eigenvalue weighted by atomic mass is 9.87. The highest BCUT2D eigenvalue weighted by atomic mass is 19.1. The number of carbonyl (C=O) groups is 2. The zero-order chi connectivity index (χ0) is 32.1. The fourth-order valence-electron chi connectivity index (χ4n) is 5.68. The predicted octanol–water partition coefficient (Wildman–Crippen LogP) is 5.52. The van der Waals surface area contributed by atoms with Crippen molar-refractivity contribution in [1.29, 1.82) is 5.26 Å². The minimum atomic E-state index is -1.44. The lowest BCUT2D eigenvalue weighted by Gasteiger charge is -2.35. The number of aryl methyl sites for hydroxylation is 1. The molecule has 12 heteroatoms. The smallest absolute Gasteiger partial charge is 0.410 e. The number of alkyl halides is 1. The number of ether oxygens (including phenoxy) is 2. The molecule has 0 aliphatic carbocycles. The van der Waals surface area contributed by atoms with Gasteiger partial charge in [-0.3, -0.25) is 4.79 Å². The number of anilines is 2. The Hall–Kier alpha value is -4.79. The van der Waals surface area contributed by atoms with Crippen molar-refractivity contribution >= 4 is 24.1 Å². The number of halogens is 1. The lowest BCUT2D eigenvalue weighted by Crippen LogP contribution is -2.50. The van der Waals surface area contributed by atoms with E-state index in [0.29, 0.717) is 23.3 Å². The van der Waals surface area contributed by atoms with E-state index in [1.54, 1.807) is 39.0 Å². The summed E-state index contributed by atoms with van der Waals surface area (Å²) in [5, 5.41) is 13.1. The first-order valence-electron chi connectivity index (χ1n) is 15.1. The zero-order valence-electron chi connectivity index (χ0n) is 26.0. The van der Waals surface area contributed by atoms with Gasteiger partial charge >= 0.3 is 6.09 Å². The first kappa shape index (κ1) is 31.6. The second-order valence-corrected chi connectivity index (χ2v) is 12.5. The summed E-state index contributed by atoms with van der Waals surface area (Å²) in [6, 6.07) is 13.2. The molecule has 0 spiro atoms. The van der Waals surface area contributed by atoms with Gasteiger partial charge in [0.1, 0.15) is 29.9 Å². The maximum atomic E-state index is 15.0. The molecular weight excluding hydrogens is 577 g/mol. The number of hydrogen-bond donors (Lipinski definition) is 1. The highest BCUT2D eigenvalue weighted by molar-refractivity contribution is 5.68. The quantitative estimate of drug-likeness (QED) is 0.341. The van der Waals surface area contributed by atoms with Crippen LogP contribution < -0.4 is 10.1 Å². The number of aromatic nitrogens is 3. The Morgan fingerprint density at radius 2 is 1.89 bits per heavy atom. The highest BCUT2D eigenvalue weighted by Gasteiger charge is 2.35. The molecule has 236 valence electrons. The van der Waals surface area contributed by atoms with E-state index in [4.69, 9.17) is 9.47 Å². The van der Waals surface area contributed by atoms with Crippen molar-refractivity contribution in [3.05, 3.63) is 59.4 Å². The summed E-state index contributed by atoms with van der Waals surface area (Å²) in [5.74, 6) is 1.38. The van der Waals surface area contributed by atoms with Gasteiger partial charge in [-0.1, -0.05) is 6.07 Å². The fourth-order valence-corrected chi connectivity index (χ4v) is 5.68. The molecule has 0 bridgehead atoms. The Balaban J connectivity index is 1.23. The molecule has 1 aromatic heterocycles. The molecule has 2 aliphatic heterocycles. The zero-order valence-corrected chi connectivity index (χ0v) is 26.0. The Bertz CT molecular complexity index is 1580. The van der Waals surface area contributed by atoms with Gasteiger partial charge in [-0.15, -0.1) is 0 Å². The number of benzene rings is 2. The normalized spacial score (nSPS) is 19.0. The number of rotatable bonds is 7. The van der Waals surface area contributed by atoms with E-state index in [1.165, 1.54) is 16.8 Å². The third kappa shape index (κ3) is 7.84.